The number of carbonyl (C=O) groups is 2. The molecule has 1 aromatic carbocycles. The molecule has 2 rings (SSSR count). The minimum atomic E-state index is -3.77. The Balaban J connectivity index is 2.23. The molecule has 1 aliphatic heterocycles. The number of rotatable bonds is 9. The molecule has 1 saturated heterocycles. The van der Waals surface area contributed by atoms with Gasteiger partial charge in [0.05, 0.1) is 17.7 Å². The standard InChI is InChI=1S/C16H22N2O6S/c1-3-24-10-4-9-17-25(21,22)12-5-6-14(23-2)13(11-12)18-15(19)7-8-16(18)20/h5-6,11,17H,3-4,7-10H2,1-2H3. The lowest BCUT2D eigenvalue weighted by Crippen LogP contribution is -2.30. The van der Waals surface area contributed by atoms with Crippen LogP contribution >= 0.6 is 0 Å². The van der Waals surface area contributed by atoms with E-state index in [0.717, 1.165) is 4.90 Å². The minimum Gasteiger partial charge on any atom is -0.495 e. The summed E-state index contributed by atoms with van der Waals surface area (Å²) in [4.78, 5) is 24.9. The van der Waals surface area contributed by atoms with Gasteiger partial charge in [0, 0.05) is 32.6 Å². The summed E-state index contributed by atoms with van der Waals surface area (Å²) in [5, 5.41) is 0. The average molecular weight is 370 g/mol. The summed E-state index contributed by atoms with van der Waals surface area (Å²) in [6.07, 6.45) is 0.752. The quantitative estimate of drug-likeness (QED) is 0.515. The van der Waals surface area contributed by atoms with Gasteiger partial charge in [-0.2, -0.15) is 0 Å². The third-order valence-electron chi connectivity index (χ3n) is 3.71. The van der Waals surface area contributed by atoms with Crippen LogP contribution in [0.25, 0.3) is 0 Å². The van der Waals surface area contributed by atoms with Gasteiger partial charge in [0.25, 0.3) is 0 Å². The second kappa shape index (κ2) is 8.41. The number of anilines is 1. The van der Waals surface area contributed by atoms with Crippen molar-refractivity contribution in [1.82, 2.24) is 4.72 Å². The van der Waals surface area contributed by atoms with Crippen molar-refractivity contribution in [2.45, 2.75) is 31.1 Å². The number of nitrogens with one attached hydrogen (secondary N) is 1. The summed E-state index contributed by atoms with van der Waals surface area (Å²) in [5.74, 6) is -0.482. The zero-order valence-corrected chi connectivity index (χ0v) is 15.1. The fourth-order valence-corrected chi connectivity index (χ4v) is 3.56. The summed E-state index contributed by atoms with van der Waals surface area (Å²) in [6.45, 7) is 3.13. The van der Waals surface area contributed by atoms with Gasteiger partial charge in [-0.15, -0.1) is 0 Å². The first-order valence-electron chi connectivity index (χ1n) is 8.02. The van der Waals surface area contributed by atoms with Crippen molar-refractivity contribution in [3.63, 3.8) is 0 Å². The third kappa shape index (κ3) is 4.56. The van der Waals surface area contributed by atoms with Gasteiger partial charge in [-0.1, -0.05) is 0 Å². The van der Waals surface area contributed by atoms with E-state index in [-0.39, 0.29) is 47.5 Å². The Bertz CT molecular complexity index is 731. The Morgan fingerprint density at radius 3 is 2.48 bits per heavy atom. The molecule has 8 nitrogen and oxygen atoms in total. The number of sulfonamides is 1. The second-order valence-electron chi connectivity index (χ2n) is 5.40. The molecule has 1 fully saturated rings. The maximum absolute atomic E-state index is 12.4. The van der Waals surface area contributed by atoms with Crippen LogP contribution in [-0.2, 0) is 24.3 Å². The van der Waals surface area contributed by atoms with Crippen LogP contribution in [0.4, 0.5) is 5.69 Å². The molecule has 138 valence electrons. The topological polar surface area (TPSA) is 102 Å². The van der Waals surface area contributed by atoms with Crippen molar-refractivity contribution in [3.8, 4) is 5.75 Å². The van der Waals surface area contributed by atoms with E-state index in [2.05, 4.69) is 4.72 Å². The zero-order chi connectivity index (χ0) is 18.4. The molecule has 1 aromatic rings. The van der Waals surface area contributed by atoms with Crippen LogP contribution in [0.3, 0.4) is 0 Å². The molecule has 0 spiro atoms. The zero-order valence-electron chi connectivity index (χ0n) is 14.3. The molecule has 0 saturated carbocycles. The largest absolute Gasteiger partial charge is 0.495 e. The number of amides is 2. The number of hydrogen-bond acceptors (Lipinski definition) is 6. The predicted octanol–water partition coefficient (Wildman–Crippen LogP) is 1.05. The van der Waals surface area contributed by atoms with E-state index >= 15 is 0 Å². The van der Waals surface area contributed by atoms with Gasteiger partial charge < -0.3 is 9.47 Å². The monoisotopic (exact) mass is 370 g/mol. The van der Waals surface area contributed by atoms with Gasteiger partial charge in [-0.25, -0.2) is 18.0 Å². The normalized spacial score (nSPS) is 15.0. The molecule has 1 heterocycles. The molecule has 0 unspecified atom stereocenters. The lowest BCUT2D eigenvalue weighted by atomic mass is 10.2. The molecule has 25 heavy (non-hydrogen) atoms. The predicted molar refractivity (Wildman–Crippen MR) is 91.0 cm³/mol. The van der Waals surface area contributed by atoms with Crippen LogP contribution in [0.1, 0.15) is 26.2 Å². The van der Waals surface area contributed by atoms with E-state index in [0.29, 0.717) is 19.6 Å². The Hall–Kier alpha value is -1.97. The number of benzene rings is 1. The lowest BCUT2D eigenvalue weighted by molar-refractivity contribution is -0.121. The Morgan fingerprint density at radius 1 is 1.20 bits per heavy atom. The molecule has 0 radical (unpaired) electrons. The van der Waals surface area contributed by atoms with Gasteiger partial charge in [-0.05, 0) is 31.5 Å². The van der Waals surface area contributed by atoms with Gasteiger partial charge in [0.15, 0.2) is 0 Å². The van der Waals surface area contributed by atoms with Crippen LogP contribution in [0.5, 0.6) is 5.75 Å². The summed E-state index contributed by atoms with van der Waals surface area (Å²) in [7, 11) is -2.38. The first-order valence-corrected chi connectivity index (χ1v) is 9.50. The highest BCUT2D eigenvalue weighted by Crippen LogP contribution is 2.34. The molecule has 1 aliphatic rings. The highest BCUT2D eigenvalue weighted by molar-refractivity contribution is 7.89. The number of ether oxygens (including phenoxy) is 2. The minimum absolute atomic E-state index is 0.0350. The first kappa shape index (κ1) is 19.4. The van der Waals surface area contributed by atoms with Gasteiger partial charge >= 0.3 is 0 Å². The lowest BCUT2D eigenvalue weighted by Gasteiger charge is -2.18. The van der Waals surface area contributed by atoms with Crippen molar-refractivity contribution >= 4 is 27.5 Å². The third-order valence-corrected chi connectivity index (χ3v) is 5.17. The molecular weight excluding hydrogens is 348 g/mol. The number of nitrogens with zero attached hydrogens (tertiary/aromatic N) is 1. The van der Waals surface area contributed by atoms with Crippen LogP contribution < -0.4 is 14.4 Å². The Morgan fingerprint density at radius 2 is 1.88 bits per heavy atom. The van der Waals surface area contributed by atoms with E-state index in [9.17, 15) is 18.0 Å². The van der Waals surface area contributed by atoms with Crippen molar-refractivity contribution < 1.29 is 27.5 Å². The van der Waals surface area contributed by atoms with E-state index in [4.69, 9.17) is 9.47 Å². The highest BCUT2D eigenvalue weighted by Gasteiger charge is 2.33. The van der Waals surface area contributed by atoms with E-state index in [1.165, 1.54) is 25.3 Å². The number of methoxy groups -OCH3 is 1. The van der Waals surface area contributed by atoms with Crippen molar-refractivity contribution in [1.29, 1.82) is 0 Å². The van der Waals surface area contributed by atoms with E-state index < -0.39 is 10.0 Å². The summed E-state index contributed by atoms with van der Waals surface area (Å²) < 4.78 is 37.6. The van der Waals surface area contributed by atoms with Crippen LogP contribution in [-0.4, -0.2) is 47.1 Å². The van der Waals surface area contributed by atoms with Crippen molar-refractivity contribution in [2.24, 2.45) is 0 Å². The van der Waals surface area contributed by atoms with Gasteiger partial charge in [0.2, 0.25) is 21.8 Å². The average Bonchev–Trinajstić information content (AvgIpc) is 2.92. The summed E-state index contributed by atoms with van der Waals surface area (Å²) in [5.41, 5.74) is 0.146. The van der Waals surface area contributed by atoms with Crippen molar-refractivity contribution in [2.75, 3.05) is 31.8 Å². The molecular formula is C16H22N2O6S. The maximum Gasteiger partial charge on any atom is 0.240 e. The Kier molecular flexibility index (Phi) is 6.51. The molecule has 0 bridgehead atoms. The van der Waals surface area contributed by atoms with Gasteiger partial charge in [0.1, 0.15) is 5.75 Å². The molecule has 0 aliphatic carbocycles. The smallest absolute Gasteiger partial charge is 0.240 e. The van der Waals surface area contributed by atoms with E-state index in [1.54, 1.807) is 0 Å². The first-order chi connectivity index (χ1) is 11.9. The summed E-state index contributed by atoms with van der Waals surface area (Å²) in [6, 6.07) is 4.09. The number of imide groups is 1. The maximum atomic E-state index is 12.4. The molecule has 0 atom stereocenters. The fraction of sp³-hybridized carbons (Fsp3) is 0.500. The van der Waals surface area contributed by atoms with Crippen LogP contribution in [0, 0.1) is 0 Å². The molecule has 0 aromatic heterocycles. The van der Waals surface area contributed by atoms with Crippen molar-refractivity contribution in [3.05, 3.63) is 18.2 Å². The van der Waals surface area contributed by atoms with E-state index in [1.807, 2.05) is 6.92 Å². The molecule has 1 N–H and O–H groups in total. The second-order valence-corrected chi connectivity index (χ2v) is 7.17. The van der Waals surface area contributed by atoms with Gasteiger partial charge in [-0.3, -0.25) is 9.59 Å². The van der Waals surface area contributed by atoms with Crippen LogP contribution in [0.15, 0.2) is 23.1 Å². The summed E-state index contributed by atoms with van der Waals surface area (Å²) >= 11 is 0. The number of carbonyl (C=O) groups excluding carboxylic acids is 2. The fourth-order valence-electron chi connectivity index (χ4n) is 2.47. The molecule has 2 amide bonds. The SMILES string of the molecule is CCOCCCNS(=O)(=O)c1ccc(OC)c(N2C(=O)CCC2=O)c1. The van der Waals surface area contributed by atoms with Crippen LogP contribution in [0.2, 0.25) is 0 Å². The highest BCUT2D eigenvalue weighted by atomic mass is 32.2. The number of hydrogen-bond donors (Lipinski definition) is 1. The Labute approximate surface area is 147 Å². The molecule has 9 heteroatoms.